The first-order valence-corrected chi connectivity index (χ1v) is 6.65. The van der Waals surface area contributed by atoms with Crippen molar-refractivity contribution in [1.29, 1.82) is 0 Å². The van der Waals surface area contributed by atoms with Crippen molar-refractivity contribution < 1.29 is 9.13 Å². The van der Waals surface area contributed by atoms with E-state index in [1.54, 1.807) is 18.3 Å². The van der Waals surface area contributed by atoms with Gasteiger partial charge in [-0.05, 0) is 19.1 Å². The van der Waals surface area contributed by atoms with Crippen LogP contribution in [0.2, 0.25) is 4.34 Å². The van der Waals surface area contributed by atoms with Crippen LogP contribution in [0, 0.1) is 5.82 Å². The lowest BCUT2D eigenvalue weighted by Gasteiger charge is -2.08. The van der Waals surface area contributed by atoms with Gasteiger partial charge in [0.15, 0.2) is 11.6 Å². The van der Waals surface area contributed by atoms with E-state index in [-0.39, 0.29) is 11.6 Å². The fraction of sp³-hybridized carbons (Fsp3) is 0.250. The molecule has 1 aromatic heterocycles. The average molecular weight is 287 g/mol. The molecule has 0 saturated carbocycles. The molecule has 96 valence electrons. The van der Waals surface area contributed by atoms with Crippen molar-refractivity contribution in [1.82, 2.24) is 4.98 Å². The van der Waals surface area contributed by atoms with Crippen LogP contribution in [-0.2, 0) is 6.54 Å². The Kier molecular flexibility index (Phi) is 4.38. The standard InChI is InChI=1S/C12H12ClFN2OS/c1-2-17-10-4-3-8(5-9(10)14)15-7-12-16-6-11(13)18-12/h3-6,15H,2,7H2,1H3. The number of benzene rings is 1. The number of hydrogen-bond acceptors (Lipinski definition) is 4. The molecule has 0 aliphatic rings. The zero-order valence-corrected chi connectivity index (χ0v) is 11.3. The molecule has 1 N–H and O–H groups in total. The molecule has 1 heterocycles. The molecule has 0 amide bonds. The smallest absolute Gasteiger partial charge is 0.167 e. The van der Waals surface area contributed by atoms with Gasteiger partial charge in [-0.25, -0.2) is 9.37 Å². The second-order valence-electron chi connectivity index (χ2n) is 3.49. The van der Waals surface area contributed by atoms with Gasteiger partial charge in [0.1, 0.15) is 9.34 Å². The highest BCUT2D eigenvalue weighted by Gasteiger charge is 2.05. The highest BCUT2D eigenvalue weighted by atomic mass is 35.5. The molecule has 0 unspecified atom stereocenters. The van der Waals surface area contributed by atoms with E-state index in [0.717, 1.165) is 5.01 Å². The molecule has 0 saturated heterocycles. The van der Waals surface area contributed by atoms with Crippen LogP contribution < -0.4 is 10.1 Å². The summed E-state index contributed by atoms with van der Waals surface area (Å²) in [5.74, 6) is -0.112. The molecule has 0 atom stereocenters. The van der Waals surface area contributed by atoms with E-state index in [1.807, 2.05) is 6.92 Å². The third-order valence-electron chi connectivity index (χ3n) is 2.20. The van der Waals surface area contributed by atoms with Crippen LogP contribution in [0.1, 0.15) is 11.9 Å². The SMILES string of the molecule is CCOc1ccc(NCc2ncc(Cl)s2)cc1F. The van der Waals surface area contributed by atoms with E-state index in [0.29, 0.717) is 23.2 Å². The molecule has 2 rings (SSSR count). The van der Waals surface area contributed by atoms with Gasteiger partial charge >= 0.3 is 0 Å². The molecular formula is C12H12ClFN2OS. The first-order valence-electron chi connectivity index (χ1n) is 5.45. The van der Waals surface area contributed by atoms with E-state index >= 15 is 0 Å². The lowest BCUT2D eigenvalue weighted by atomic mass is 10.3. The number of aromatic nitrogens is 1. The Labute approximate surface area is 114 Å². The first kappa shape index (κ1) is 13.1. The molecule has 2 aromatic rings. The van der Waals surface area contributed by atoms with Gasteiger partial charge in [0.05, 0.1) is 19.3 Å². The number of halogens is 2. The molecule has 1 aromatic carbocycles. The zero-order chi connectivity index (χ0) is 13.0. The molecule has 0 radical (unpaired) electrons. The number of hydrogen-bond donors (Lipinski definition) is 1. The minimum absolute atomic E-state index is 0.264. The van der Waals surface area contributed by atoms with E-state index in [1.165, 1.54) is 17.4 Å². The van der Waals surface area contributed by atoms with E-state index < -0.39 is 0 Å². The molecular weight excluding hydrogens is 275 g/mol. The van der Waals surface area contributed by atoms with Gasteiger partial charge in [0, 0.05) is 11.8 Å². The highest BCUT2D eigenvalue weighted by Crippen LogP contribution is 2.23. The topological polar surface area (TPSA) is 34.1 Å². The summed E-state index contributed by atoms with van der Waals surface area (Å²) in [6, 6.07) is 4.78. The maximum atomic E-state index is 13.6. The Hall–Kier alpha value is -1.33. The average Bonchev–Trinajstić information content (AvgIpc) is 2.76. The summed E-state index contributed by atoms with van der Waals surface area (Å²) in [5, 5.41) is 3.93. The van der Waals surface area contributed by atoms with E-state index in [9.17, 15) is 4.39 Å². The minimum atomic E-state index is -0.376. The predicted molar refractivity (Wildman–Crippen MR) is 72.0 cm³/mol. The number of ether oxygens (including phenoxy) is 1. The molecule has 3 nitrogen and oxygen atoms in total. The molecule has 0 aliphatic carbocycles. The molecule has 0 fully saturated rings. The second kappa shape index (κ2) is 6.02. The van der Waals surface area contributed by atoms with Crippen molar-refractivity contribution in [3.63, 3.8) is 0 Å². The Balaban J connectivity index is 1.99. The maximum absolute atomic E-state index is 13.6. The second-order valence-corrected chi connectivity index (χ2v) is 5.24. The largest absolute Gasteiger partial charge is 0.491 e. The third kappa shape index (κ3) is 3.34. The molecule has 6 heteroatoms. The summed E-state index contributed by atoms with van der Waals surface area (Å²) in [6.07, 6.45) is 1.60. The highest BCUT2D eigenvalue weighted by molar-refractivity contribution is 7.15. The number of nitrogens with zero attached hydrogens (tertiary/aromatic N) is 1. The van der Waals surface area contributed by atoms with Crippen LogP contribution in [-0.4, -0.2) is 11.6 Å². The normalized spacial score (nSPS) is 10.4. The Morgan fingerprint density at radius 3 is 2.94 bits per heavy atom. The van der Waals surface area contributed by atoms with Crippen molar-refractivity contribution in [2.45, 2.75) is 13.5 Å². The maximum Gasteiger partial charge on any atom is 0.167 e. The van der Waals surface area contributed by atoms with Crippen LogP contribution in [0.25, 0.3) is 0 Å². The van der Waals surface area contributed by atoms with Gasteiger partial charge in [-0.2, -0.15) is 0 Å². The zero-order valence-electron chi connectivity index (χ0n) is 9.74. The summed E-state index contributed by atoms with van der Waals surface area (Å²) in [7, 11) is 0. The summed E-state index contributed by atoms with van der Waals surface area (Å²) in [6.45, 7) is 2.78. The van der Waals surface area contributed by atoms with Gasteiger partial charge in [0.2, 0.25) is 0 Å². The monoisotopic (exact) mass is 286 g/mol. The van der Waals surface area contributed by atoms with Gasteiger partial charge < -0.3 is 10.1 Å². The van der Waals surface area contributed by atoms with Crippen molar-refractivity contribution in [3.8, 4) is 5.75 Å². The van der Waals surface area contributed by atoms with Gasteiger partial charge in [-0.3, -0.25) is 0 Å². The lowest BCUT2D eigenvalue weighted by Crippen LogP contribution is -2.00. The van der Waals surface area contributed by atoms with Gasteiger partial charge in [0.25, 0.3) is 0 Å². The first-order chi connectivity index (χ1) is 8.69. The number of anilines is 1. The van der Waals surface area contributed by atoms with E-state index in [2.05, 4.69) is 10.3 Å². The molecule has 0 spiro atoms. The fourth-order valence-electron chi connectivity index (χ4n) is 1.43. The summed E-state index contributed by atoms with van der Waals surface area (Å²) >= 11 is 7.17. The Morgan fingerprint density at radius 1 is 1.50 bits per heavy atom. The molecule has 0 aliphatic heterocycles. The number of rotatable bonds is 5. The Morgan fingerprint density at radius 2 is 2.33 bits per heavy atom. The van der Waals surface area contributed by atoms with Gasteiger partial charge in [-0.15, -0.1) is 11.3 Å². The van der Waals surface area contributed by atoms with Crippen molar-refractivity contribution in [2.24, 2.45) is 0 Å². The van der Waals surface area contributed by atoms with Crippen LogP contribution in [0.15, 0.2) is 24.4 Å². The molecule has 18 heavy (non-hydrogen) atoms. The van der Waals surface area contributed by atoms with Crippen LogP contribution in [0.5, 0.6) is 5.75 Å². The van der Waals surface area contributed by atoms with Crippen molar-refractivity contribution in [3.05, 3.63) is 39.6 Å². The van der Waals surface area contributed by atoms with Crippen LogP contribution >= 0.6 is 22.9 Å². The fourth-order valence-corrected chi connectivity index (χ4v) is 2.33. The predicted octanol–water partition coefficient (Wildman–Crippen LogP) is 3.95. The summed E-state index contributed by atoms with van der Waals surface area (Å²) < 4.78 is 19.3. The van der Waals surface area contributed by atoms with Crippen LogP contribution in [0.3, 0.4) is 0 Å². The lowest BCUT2D eigenvalue weighted by molar-refractivity contribution is 0.321. The van der Waals surface area contributed by atoms with Crippen LogP contribution in [0.4, 0.5) is 10.1 Å². The minimum Gasteiger partial charge on any atom is -0.491 e. The summed E-state index contributed by atoms with van der Waals surface area (Å²) in [5.41, 5.74) is 0.683. The van der Waals surface area contributed by atoms with Crippen molar-refractivity contribution >= 4 is 28.6 Å². The summed E-state index contributed by atoms with van der Waals surface area (Å²) in [4.78, 5) is 4.11. The molecule has 0 bridgehead atoms. The van der Waals surface area contributed by atoms with E-state index in [4.69, 9.17) is 16.3 Å². The van der Waals surface area contributed by atoms with Gasteiger partial charge in [-0.1, -0.05) is 11.6 Å². The number of nitrogens with one attached hydrogen (secondary N) is 1. The number of thiazole rings is 1. The Bertz CT molecular complexity index is 533. The third-order valence-corrected chi connectivity index (χ3v) is 3.32. The van der Waals surface area contributed by atoms with Crippen molar-refractivity contribution in [2.75, 3.05) is 11.9 Å². The quantitative estimate of drug-likeness (QED) is 0.904.